The van der Waals surface area contributed by atoms with Gasteiger partial charge in [-0.2, -0.15) is 11.8 Å². The number of hydrogen-bond donors (Lipinski definition) is 2. The Kier molecular flexibility index (Phi) is 5.51. The van der Waals surface area contributed by atoms with E-state index in [0.29, 0.717) is 12.4 Å². The number of sulfonamides is 1. The van der Waals surface area contributed by atoms with Crippen LogP contribution in [0.4, 0.5) is 5.82 Å². The highest BCUT2D eigenvalue weighted by molar-refractivity contribution is 8.00. The van der Waals surface area contributed by atoms with Gasteiger partial charge in [0.1, 0.15) is 10.7 Å². The normalized spacial score (nSPS) is 18.4. The molecule has 1 heterocycles. The van der Waals surface area contributed by atoms with Crippen LogP contribution in [0.5, 0.6) is 0 Å². The van der Waals surface area contributed by atoms with Crippen molar-refractivity contribution in [3.8, 4) is 0 Å². The monoisotopic (exact) mass is 329 g/mol. The molecule has 0 bridgehead atoms. The summed E-state index contributed by atoms with van der Waals surface area (Å²) in [6.07, 6.45) is 9.40. The van der Waals surface area contributed by atoms with Crippen molar-refractivity contribution in [2.24, 2.45) is 0 Å². The average Bonchev–Trinajstić information content (AvgIpc) is 2.54. The van der Waals surface area contributed by atoms with Crippen molar-refractivity contribution in [3.05, 3.63) is 18.3 Å². The fourth-order valence-electron chi connectivity index (χ4n) is 2.75. The summed E-state index contributed by atoms with van der Waals surface area (Å²) >= 11 is 1.78. The van der Waals surface area contributed by atoms with Gasteiger partial charge in [0.2, 0.25) is 10.0 Å². The Bertz CT molecular complexity index is 569. The Labute approximate surface area is 131 Å². The molecular weight excluding hydrogens is 306 g/mol. The minimum atomic E-state index is -3.54. The summed E-state index contributed by atoms with van der Waals surface area (Å²) in [7, 11) is -1.87. The number of rotatable bonds is 6. The quantitative estimate of drug-likeness (QED) is 0.839. The molecule has 1 aliphatic carbocycles. The standard InChI is InChI=1S/C14H23N3O2S2/c1-15-13-12(7-6-10-16-13)21(18,19)17-11-14(20-2)8-4-3-5-9-14/h6-7,10,17H,3-5,8-9,11H2,1-2H3,(H,15,16). The Hall–Kier alpha value is -0.790. The van der Waals surface area contributed by atoms with Crippen LogP contribution in [-0.2, 0) is 10.0 Å². The van der Waals surface area contributed by atoms with Crippen LogP contribution in [0.25, 0.3) is 0 Å². The molecule has 21 heavy (non-hydrogen) atoms. The number of thioether (sulfide) groups is 1. The van der Waals surface area contributed by atoms with Gasteiger partial charge in [0.15, 0.2) is 0 Å². The van der Waals surface area contributed by atoms with Crippen LogP contribution in [0.2, 0.25) is 0 Å². The lowest BCUT2D eigenvalue weighted by atomic mass is 9.88. The molecule has 0 saturated heterocycles. The third kappa shape index (κ3) is 3.90. The van der Waals surface area contributed by atoms with Gasteiger partial charge in [0.05, 0.1) is 0 Å². The van der Waals surface area contributed by atoms with Gasteiger partial charge in [0.25, 0.3) is 0 Å². The lowest BCUT2D eigenvalue weighted by molar-refractivity contribution is 0.395. The van der Waals surface area contributed by atoms with Crippen molar-refractivity contribution in [1.29, 1.82) is 0 Å². The van der Waals surface area contributed by atoms with E-state index in [1.165, 1.54) is 19.3 Å². The molecule has 1 aromatic rings. The summed E-state index contributed by atoms with van der Waals surface area (Å²) in [6.45, 7) is 0.481. The first kappa shape index (κ1) is 16.6. The number of hydrogen-bond acceptors (Lipinski definition) is 5. The van der Waals surface area contributed by atoms with E-state index in [4.69, 9.17) is 0 Å². The highest BCUT2D eigenvalue weighted by atomic mass is 32.2. The molecule has 1 aliphatic rings. The van der Waals surface area contributed by atoms with Gasteiger partial charge in [-0.3, -0.25) is 0 Å². The van der Waals surface area contributed by atoms with Crippen molar-refractivity contribution in [2.75, 3.05) is 25.2 Å². The zero-order valence-corrected chi connectivity index (χ0v) is 14.2. The van der Waals surface area contributed by atoms with E-state index in [9.17, 15) is 8.42 Å². The van der Waals surface area contributed by atoms with E-state index in [0.717, 1.165) is 12.8 Å². The van der Waals surface area contributed by atoms with Gasteiger partial charge in [0, 0.05) is 24.5 Å². The van der Waals surface area contributed by atoms with Crippen molar-refractivity contribution >= 4 is 27.6 Å². The molecule has 0 unspecified atom stereocenters. The van der Waals surface area contributed by atoms with Gasteiger partial charge in [-0.25, -0.2) is 18.1 Å². The van der Waals surface area contributed by atoms with E-state index in [1.54, 1.807) is 37.1 Å². The predicted octanol–water partition coefficient (Wildman–Crippen LogP) is 2.47. The van der Waals surface area contributed by atoms with Gasteiger partial charge >= 0.3 is 0 Å². The lowest BCUT2D eigenvalue weighted by Gasteiger charge is -2.35. The number of anilines is 1. The van der Waals surface area contributed by atoms with Gasteiger partial charge < -0.3 is 5.32 Å². The third-order valence-corrected chi connectivity index (χ3v) is 6.93. The van der Waals surface area contributed by atoms with Crippen LogP contribution in [-0.4, -0.2) is 38.0 Å². The molecule has 0 aliphatic heterocycles. The molecule has 2 N–H and O–H groups in total. The maximum Gasteiger partial charge on any atom is 0.244 e. The minimum Gasteiger partial charge on any atom is -0.372 e. The SMILES string of the molecule is CNc1ncccc1S(=O)(=O)NCC1(SC)CCCCC1. The molecule has 5 nitrogen and oxygen atoms in total. The van der Waals surface area contributed by atoms with Crippen LogP contribution < -0.4 is 10.0 Å². The van der Waals surface area contributed by atoms with Crippen LogP contribution >= 0.6 is 11.8 Å². The first-order valence-electron chi connectivity index (χ1n) is 7.21. The molecule has 2 rings (SSSR count). The van der Waals surface area contributed by atoms with Crippen LogP contribution in [0.3, 0.4) is 0 Å². The summed E-state index contributed by atoms with van der Waals surface area (Å²) in [5, 5.41) is 2.83. The van der Waals surface area contributed by atoms with E-state index >= 15 is 0 Å². The van der Waals surface area contributed by atoms with Crippen LogP contribution in [0.15, 0.2) is 23.2 Å². The van der Waals surface area contributed by atoms with Crippen molar-refractivity contribution < 1.29 is 8.42 Å². The van der Waals surface area contributed by atoms with Crippen LogP contribution in [0.1, 0.15) is 32.1 Å². The van der Waals surface area contributed by atoms with Crippen molar-refractivity contribution in [1.82, 2.24) is 9.71 Å². The average molecular weight is 329 g/mol. The Morgan fingerprint density at radius 3 is 2.67 bits per heavy atom. The largest absolute Gasteiger partial charge is 0.372 e. The molecular formula is C14H23N3O2S2. The first-order chi connectivity index (χ1) is 10.0. The molecule has 1 aromatic heterocycles. The fourth-order valence-corrected chi connectivity index (χ4v) is 5.04. The molecule has 118 valence electrons. The Morgan fingerprint density at radius 2 is 2.05 bits per heavy atom. The summed E-state index contributed by atoms with van der Waals surface area (Å²) < 4.78 is 27.8. The highest BCUT2D eigenvalue weighted by Gasteiger charge is 2.33. The highest BCUT2D eigenvalue weighted by Crippen LogP contribution is 2.38. The molecule has 1 fully saturated rings. The summed E-state index contributed by atoms with van der Waals surface area (Å²) in [4.78, 5) is 4.27. The van der Waals surface area contributed by atoms with E-state index < -0.39 is 10.0 Å². The number of aromatic nitrogens is 1. The second-order valence-corrected chi connectivity index (χ2v) is 8.38. The second kappa shape index (κ2) is 6.98. The molecule has 0 spiro atoms. The molecule has 0 atom stereocenters. The zero-order valence-electron chi connectivity index (χ0n) is 12.6. The van der Waals surface area contributed by atoms with Gasteiger partial charge in [-0.15, -0.1) is 0 Å². The summed E-state index contributed by atoms with van der Waals surface area (Å²) in [6, 6.07) is 3.22. The summed E-state index contributed by atoms with van der Waals surface area (Å²) in [5.74, 6) is 0.381. The Morgan fingerprint density at radius 1 is 1.33 bits per heavy atom. The Balaban J connectivity index is 2.14. The predicted molar refractivity (Wildman–Crippen MR) is 88.3 cm³/mol. The van der Waals surface area contributed by atoms with Crippen molar-refractivity contribution in [3.63, 3.8) is 0 Å². The molecule has 0 amide bonds. The fraction of sp³-hybridized carbons (Fsp3) is 0.643. The lowest BCUT2D eigenvalue weighted by Crippen LogP contribution is -2.41. The number of nitrogens with one attached hydrogen (secondary N) is 2. The maximum absolute atomic E-state index is 12.5. The van der Waals surface area contributed by atoms with Crippen molar-refractivity contribution in [2.45, 2.75) is 41.7 Å². The summed E-state index contributed by atoms with van der Waals surface area (Å²) in [5.41, 5.74) is 0. The van der Waals surface area contributed by atoms with E-state index in [1.807, 2.05) is 0 Å². The molecule has 0 aromatic carbocycles. The van der Waals surface area contributed by atoms with E-state index in [2.05, 4.69) is 21.3 Å². The molecule has 0 radical (unpaired) electrons. The first-order valence-corrected chi connectivity index (χ1v) is 9.91. The minimum absolute atomic E-state index is 0.0351. The second-order valence-electron chi connectivity index (χ2n) is 5.37. The number of nitrogens with zero attached hydrogens (tertiary/aromatic N) is 1. The maximum atomic E-state index is 12.5. The third-order valence-electron chi connectivity index (χ3n) is 4.08. The molecule has 1 saturated carbocycles. The zero-order chi connectivity index (χ0) is 15.3. The van der Waals surface area contributed by atoms with Gasteiger partial charge in [-0.1, -0.05) is 19.3 Å². The smallest absolute Gasteiger partial charge is 0.244 e. The molecule has 7 heteroatoms. The number of pyridine rings is 1. The topological polar surface area (TPSA) is 71.1 Å². The van der Waals surface area contributed by atoms with Crippen LogP contribution in [0, 0.1) is 0 Å². The van der Waals surface area contributed by atoms with E-state index in [-0.39, 0.29) is 9.64 Å². The van der Waals surface area contributed by atoms with Gasteiger partial charge in [-0.05, 0) is 31.2 Å².